The van der Waals surface area contributed by atoms with Gasteiger partial charge in [-0.3, -0.25) is 55.8 Å². The van der Waals surface area contributed by atoms with Crippen molar-refractivity contribution in [2.45, 2.75) is 85.4 Å². The van der Waals surface area contributed by atoms with Crippen LogP contribution >= 0.6 is 0 Å². The highest BCUT2D eigenvalue weighted by Crippen LogP contribution is 2.34. The van der Waals surface area contributed by atoms with E-state index in [2.05, 4.69) is 114 Å². The zero-order chi connectivity index (χ0) is 102. The molecule has 0 aromatic carbocycles. The van der Waals surface area contributed by atoms with Crippen LogP contribution in [-0.2, 0) is 0 Å². The number of halogens is 5. The molecule has 0 aliphatic carbocycles. The second-order valence-electron chi connectivity index (χ2n) is 39.3. The van der Waals surface area contributed by atoms with E-state index in [4.69, 9.17) is 0 Å². The Bertz CT molecular complexity index is 8750. The predicted molar refractivity (Wildman–Crippen MR) is 560 cm³/mol. The molecule has 27 rings (SSSR count). The van der Waals surface area contributed by atoms with Crippen LogP contribution in [0.1, 0.15) is 61.1 Å². The topological polar surface area (TPSA) is 308 Å². The summed E-state index contributed by atoms with van der Waals surface area (Å²) in [6.45, 7) is 29.6. The molecule has 7 aliphatic rings. The van der Waals surface area contributed by atoms with Crippen LogP contribution in [0.2, 0.25) is 0 Å². The lowest BCUT2D eigenvalue weighted by atomic mass is 10.1. The Morgan fingerprint density at radius 3 is 0.966 bits per heavy atom. The van der Waals surface area contributed by atoms with E-state index in [0.717, 1.165) is 168 Å². The molecule has 0 unspecified atom stereocenters. The van der Waals surface area contributed by atoms with Crippen molar-refractivity contribution in [1.82, 2.24) is 119 Å². The van der Waals surface area contributed by atoms with Gasteiger partial charge in [-0.05, 0) is 178 Å². The SMILES string of the molecule is Cc1cn2cc(-c3cc(=O)n4cc(N5CCN(C)CC5)ccc4n3)cc(F)c2n1.Cc1cn2cc(-c3cc(=O)n4cc(N5CCN6CCC[C@@H]6C5)ccc4n3)cc(F)c2n1.Cc1cn2cc(-c3cc(=O)n4cc(N5CCN6CCC[C@H]6C5)ccc4n3)cc(F)c2n1.Cc1cn2cc(-c3cc(=O)n4cc(N5CCN[C@H](C)C5)ccc4n3)cc(F)c2n1.Cc1cn2cc(-c3ccc4nc(N5CCNCC5)cc(=O)n4c3)cc(F)c2n1. The molecule has 20 aromatic heterocycles. The number of hydrogen-bond donors (Lipinski definition) is 2. The zero-order valence-corrected chi connectivity index (χ0v) is 82.7. The third-order valence-corrected chi connectivity index (χ3v) is 28.8. The average molecular weight is 2000 g/mol. The first-order valence-corrected chi connectivity index (χ1v) is 49.9. The van der Waals surface area contributed by atoms with Crippen molar-refractivity contribution in [2.24, 2.45) is 0 Å². The lowest BCUT2D eigenvalue weighted by molar-refractivity contribution is 0.231. The van der Waals surface area contributed by atoms with Crippen molar-refractivity contribution in [3.8, 4) is 56.2 Å². The molecule has 40 heteroatoms. The maximum Gasteiger partial charge on any atom is 0.259 e. The van der Waals surface area contributed by atoms with E-state index in [1.165, 1.54) is 97.8 Å². The van der Waals surface area contributed by atoms with Crippen molar-refractivity contribution in [1.29, 1.82) is 0 Å². The molecule has 7 saturated heterocycles. The molecule has 0 bridgehead atoms. The van der Waals surface area contributed by atoms with Crippen LogP contribution in [0.25, 0.3) is 113 Å². The van der Waals surface area contributed by atoms with Crippen molar-refractivity contribution in [2.75, 3.05) is 156 Å². The fourth-order valence-corrected chi connectivity index (χ4v) is 21.3. The largest absolute Gasteiger partial charge is 0.368 e. The van der Waals surface area contributed by atoms with Gasteiger partial charge in [0.15, 0.2) is 57.3 Å². The number of hydrogen-bond acceptors (Lipinski definition) is 25. The molecular weight excluding hydrogens is 1890 g/mol. The van der Waals surface area contributed by atoms with Crippen LogP contribution in [0.4, 0.5) is 50.5 Å². The van der Waals surface area contributed by atoms with Gasteiger partial charge in [-0.1, -0.05) is 0 Å². The van der Waals surface area contributed by atoms with Gasteiger partial charge in [-0.15, -0.1) is 0 Å². The number of rotatable bonds is 10. The van der Waals surface area contributed by atoms with Crippen LogP contribution in [0.15, 0.2) is 238 Å². The summed E-state index contributed by atoms with van der Waals surface area (Å²) in [6, 6.07) is 35.1. The Morgan fingerprint density at radius 2 is 0.595 bits per heavy atom. The number of piperazine rings is 5. The molecule has 754 valence electrons. The minimum atomic E-state index is -0.444. The quantitative estimate of drug-likeness (QED) is 0.120. The summed E-state index contributed by atoms with van der Waals surface area (Å²) in [5, 5.41) is 6.71. The molecule has 27 heterocycles. The normalized spacial score (nSPS) is 17.4. The Balaban J connectivity index is 0.000000102. The second kappa shape index (κ2) is 39.2. The predicted octanol–water partition coefficient (Wildman–Crippen LogP) is 11.8. The van der Waals surface area contributed by atoms with E-state index >= 15 is 0 Å². The monoisotopic (exact) mass is 2000 g/mol. The average Bonchev–Trinajstić information content (AvgIpc) is 1.42. The molecule has 3 atom stereocenters. The highest BCUT2D eigenvalue weighted by atomic mass is 19.1. The number of imidazole rings is 5. The number of aryl methyl sites for hydroxylation is 5. The van der Waals surface area contributed by atoms with Crippen LogP contribution in [0.5, 0.6) is 0 Å². The molecule has 2 N–H and O–H groups in total. The molecule has 148 heavy (non-hydrogen) atoms. The number of aromatic nitrogens is 20. The third kappa shape index (κ3) is 19.2. The minimum absolute atomic E-state index is 0.152. The summed E-state index contributed by atoms with van der Waals surface area (Å²) >= 11 is 0. The van der Waals surface area contributed by atoms with Crippen LogP contribution in [-0.4, -0.2) is 258 Å². The molecule has 20 aromatic rings. The Labute approximate surface area is 842 Å². The number of pyridine rings is 10. The highest BCUT2D eigenvalue weighted by molar-refractivity contribution is 5.72. The Morgan fingerprint density at radius 1 is 0.284 bits per heavy atom. The minimum Gasteiger partial charge on any atom is -0.368 e. The molecule has 35 nitrogen and oxygen atoms in total. The van der Waals surface area contributed by atoms with Gasteiger partial charge in [0, 0.05) is 286 Å². The fourth-order valence-electron chi connectivity index (χ4n) is 21.3. The third-order valence-electron chi connectivity index (χ3n) is 28.8. The van der Waals surface area contributed by atoms with Gasteiger partial charge in [-0.2, -0.15) is 0 Å². The van der Waals surface area contributed by atoms with Crippen molar-refractivity contribution in [3.63, 3.8) is 0 Å². The van der Waals surface area contributed by atoms with E-state index in [0.29, 0.717) is 108 Å². The molecule has 0 radical (unpaired) electrons. The molecule has 0 saturated carbocycles. The summed E-state index contributed by atoms with van der Waals surface area (Å²) in [5.41, 5.74) is 16.3. The first kappa shape index (κ1) is 95.2. The summed E-state index contributed by atoms with van der Waals surface area (Å²) in [5.74, 6) is -1.46. The van der Waals surface area contributed by atoms with Gasteiger partial charge in [0.25, 0.3) is 27.8 Å². The van der Waals surface area contributed by atoms with E-state index in [1.807, 2.05) is 120 Å². The van der Waals surface area contributed by atoms with Gasteiger partial charge in [0.2, 0.25) is 0 Å². The number of anilines is 5. The van der Waals surface area contributed by atoms with E-state index in [1.54, 1.807) is 114 Å². The Hall–Kier alpha value is -16.3. The summed E-state index contributed by atoms with van der Waals surface area (Å²) in [4.78, 5) is 127. The molecule has 0 amide bonds. The van der Waals surface area contributed by atoms with Crippen molar-refractivity contribution in [3.05, 3.63) is 324 Å². The number of nitrogens with zero attached hydrogens (tertiary/aromatic N) is 28. The maximum atomic E-state index is 14.5. The van der Waals surface area contributed by atoms with E-state index in [9.17, 15) is 45.9 Å². The lowest BCUT2D eigenvalue weighted by Crippen LogP contribution is -2.50. The van der Waals surface area contributed by atoms with Crippen molar-refractivity contribution < 1.29 is 22.0 Å². The zero-order valence-electron chi connectivity index (χ0n) is 82.7. The van der Waals surface area contributed by atoms with Gasteiger partial charge in [0.1, 0.15) is 34.1 Å². The maximum absolute atomic E-state index is 14.5. The van der Waals surface area contributed by atoms with Crippen LogP contribution < -0.4 is 62.9 Å². The molecular formula is C108H107F5N30O5. The van der Waals surface area contributed by atoms with Gasteiger partial charge in [-0.25, -0.2) is 71.8 Å². The first-order valence-electron chi connectivity index (χ1n) is 49.9. The Kier molecular flexibility index (Phi) is 25.3. The number of fused-ring (bicyclic) bond motifs is 12. The van der Waals surface area contributed by atoms with Gasteiger partial charge < -0.3 is 62.0 Å². The van der Waals surface area contributed by atoms with Gasteiger partial charge >= 0.3 is 0 Å². The molecule has 7 fully saturated rings. The summed E-state index contributed by atoms with van der Waals surface area (Å²) in [6.07, 6.45) is 31.7. The standard InChI is InChI=1S/2C23H23FN6O.2C21H21FN6O.C20H19FN6O/c2*1-15-11-29-12-16(9-19(24)23(29)25-15)20-10-22(31)30-14-18(4-5-21(30)26-20)28-8-7-27-6-2-3-17(27)13-28;1-14-11-27-12-15(9-17(22)21(27)23-14)18-10-20(29)28-13-16(3-4-19(28)24-18)26-7-5-25(2)6-8-26;1-13-9-26(6-5-23-13)16-3-4-19-25-18(8-20(29)28(19)12-16)15-7-17(22)21-24-14(2)10-27(21)11-15;1-13-10-26-11-15(8-16(21)20(26)23-13)14-2-3-17-24-18(9-19(28)27(17)12-14)25-6-4-22-5-7-25/h2*4-5,9-12,14,17H,2-3,6-8,13H2,1H3;3-4,9-13H,5-8H2,1-2H3;3-4,7-8,10-13,23H,5-6,9H2,1-2H3;2-3,8-12,22H,4-7H2,1H3/t2*17-;;13-;/m10.1./s1. The summed E-state index contributed by atoms with van der Waals surface area (Å²) < 4.78 is 88.3. The lowest BCUT2D eigenvalue weighted by Gasteiger charge is -2.38. The smallest absolute Gasteiger partial charge is 0.259 e. The molecule has 0 spiro atoms. The van der Waals surface area contributed by atoms with Crippen LogP contribution in [0.3, 0.4) is 0 Å². The van der Waals surface area contributed by atoms with Gasteiger partial charge in [0.05, 0.1) is 74.0 Å². The number of nitrogens with one attached hydrogen (secondary N) is 2. The van der Waals surface area contributed by atoms with Crippen molar-refractivity contribution >= 4 is 85.0 Å². The van der Waals surface area contributed by atoms with E-state index in [-0.39, 0.29) is 50.4 Å². The van der Waals surface area contributed by atoms with E-state index < -0.39 is 29.1 Å². The first-order chi connectivity index (χ1) is 71.6. The highest BCUT2D eigenvalue weighted by Gasteiger charge is 2.34. The summed E-state index contributed by atoms with van der Waals surface area (Å²) in [7, 11) is 2.11. The fraction of sp³-hybridized carbons (Fsp3) is 0.306. The number of likely N-dealkylation sites (N-methyl/N-ethyl adjacent to an activating group) is 1. The molecule has 7 aliphatic heterocycles. The van der Waals surface area contributed by atoms with Crippen LogP contribution in [0, 0.1) is 63.7 Å². The second-order valence-corrected chi connectivity index (χ2v) is 39.3.